The zero-order chi connectivity index (χ0) is 46.9. The van der Waals surface area contributed by atoms with E-state index in [2.05, 4.69) is 66.6 Å². The average Bonchev–Trinajstić information content (AvgIpc) is 3.92. The zero-order valence-corrected chi connectivity index (χ0v) is 36.5. The van der Waals surface area contributed by atoms with E-state index in [1.165, 1.54) is 16.7 Å². The molecule has 0 saturated carbocycles. The van der Waals surface area contributed by atoms with Crippen LogP contribution in [0.25, 0.3) is 16.9 Å². The Bertz CT molecular complexity index is 2900. The molecule has 3 aromatic heterocycles. The fourth-order valence-electron chi connectivity index (χ4n) is 6.45. The first-order valence-corrected chi connectivity index (χ1v) is 20.8. The van der Waals surface area contributed by atoms with E-state index in [9.17, 15) is 28.8 Å². The minimum absolute atomic E-state index is 0. The van der Waals surface area contributed by atoms with Crippen LogP contribution in [-0.4, -0.2) is 59.4 Å². The minimum Gasteiger partial charge on any atom is -0.396 e. The standard InChI is InChI=1S/C20H18N4O.C19H20N4.C9H8N2O7.CH4/c1-13-3-7-15(8-4-13)21-18-12-11-17-19(23-18)24(20(25)22-17)16-9-5-14(2)6-10-16;1-13-3-7-15(8-4-13)21-18-12-11-17(20)19(23-18)22-16-9-5-14(2)6-10-16;12-5-1-2-6(13)10(5)17-9(16)18-11-7(14)3-4-8(11)15;/h3-12H,1-2H3,(H,21,23)(H,22,25);3-12H,20H2,1-2H3,(H2,21,22,23);1-4H2;1H4. The summed E-state index contributed by atoms with van der Waals surface area (Å²) in [6.45, 7) is 8.19. The second-order valence-corrected chi connectivity index (χ2v) is 15.4. The molecule has 4 amide bonds. The lowest BCUT2D eigenvalue weighted by molar-refractivity contribution is -0.198. The van der Waals surface area contributed by atoms with Crippen molar-refractivity contribution in [1.29, 1.82) is 0 Å². The maximum absolute atomic E-state index is 12.4. The number of pyridine rings is 2. The molecule has 344 valence electrons. The van der Waals surface area contributed by atoms with Gasteiger partial charge >= 0.3 is 11.8 Å². The molecule has 0 atom stereocenters. The molecule has 6 N–H and O–H groups in total. The first-order chi connectivity index (χ1) is 31.7. The van der Waals surface area contributed by atoms with Crippen LogP contribution < -0.4 is 27.4 Å². The number of nitrogens with zero attached hydrogens (tertiary/aromatic N) is 5. The molecule has 0 aliphatic carbocycles. The number of nitrogens with one attached hydrogen (secondary N) is 4. The summed E-state index contributed by atoms with van der Waals surface area (Å²) in [5, 5.41) is 10.3. The maximum Gasteiger partial charge on any atom is 0.560 e. The molecule has 0 unspecified atom stereocenters. The Morgan fingerprint density at radius 2 is 0.925 bits per heavy atom. The lowest BCUT2D eigenvalue weighted by Crippen LogP contribution is -2.37. The normalized spacial score (nSPS) is 13.0. The zero-order valence-electron chi connectivity index (χ0n) is 36.5. The molecular formula is C49H50N10O8. The highest BCUT2D eigenvalue weighted by atomic mass is 16.9. The fraction of sp³-hybridized carbons (Fsp3) is 0.184. The van der Waals surface area contributed by atoms with Crippen molar-refractivity contribution in [3.63, 3.8) is 0 Å². The van der Waals surface area contributed by atoms with Gasteiger partial charge in [-0.2, -0.15) is 4.79 Å². The van der Waals surface area contributed by atoms with E-state index in [-0.39, 0.29) is 48.9 Å². The molecule has 18 nitrogen and oxygen atoms in total. The Balaban J connectivity index is 0.000000167. The van der Waals surface area contributed by atoms with Gasteiger partial charge in [-0.1, -0.05) is 88.3 Å². The number of benzene rings is 4. The number of rotatable bonds is 9. The van der Waals surface area contributed by atoms with Crippen molar-refractivity contribution in [3.05, 3.63) is 154 Å². The number of fused-ring (bicyclic) bond motifs is 1. The molecule has 2 aliphatic rings. The monoisotopic (exact) mass is 906 g/mol. The van der Waals surface area contributed by atoms with Gasteiger partial charge < -0.3 is 26.7 Å². The number of aromatic nitrogens is 4. The number of nitrogens with two attached hydrogens (primary N) is 1. The van der Waals surface area contributed by atoms with Crippen LogP contribution in [-0.2, 0) is 28.9 Å². The van der Waals surface area contributed by atoms with Crippen LogP contribution in [0.3, 0.4) is 0 Å². The Labute approximate surface area is 385 Å². The Morgan fingerprint density at radius 1 is 0.537 bits per heavy atom. The summed E-state index contributed by atoms with van der Waals surface area (Å²) in [7, 11) is 0. The number of hydrogen-bond donors (Lipinski definition) is 5. The fourth-order valence-corrected chi connectivity index (χ4v) is 6.45. The number of carbonyl (C=O) groups is 5. The van der Waals surface area contributed by atoms with Gasteiger partial charge in [0, 0.05) is 42.7 Å². The summed E-state index contributed by atoms with van der Waals surface area (Å²) in [4.78, 5) is 88.7. The number of H-pyrrole nitrogens is 1. The van der Waals surface area contributed by atoms with Crippen molar-refractivity contribution < 1.29 is 33.6 Å². The smallest absolute Gasteiger partial charge is 0.396 e. The molecular weight excluding hydrogens is 857 g/mol. The van der Waals surface area contributed by atoms with E-state index in [1.807, 2.05) is 123 Å². The van der Waals surface area contributed by atoms with Gasteiger partial charge in [0.2, 0.25) is 0 Å². The Hall–Kier alpha value is -8.80. The third-order valence-corrected chi connectivity index (χ3v) is 10.1. The molecule has 0 spiro atoms. The summed E-state index contributed by atoms with van der Waals surface area (Å²) in [5.74, 6) is -0.654. The van der Waals surface area contributed by atoms with E-state index < -0.39 is 29.8 Å². The number of carbonyl (C=O) groups excluding carboxylic acids is 5. The second kappa shape index (κ2) is 21.3. The van der Waals surface area contributed by atoms with Crippen LogP contribution in [0.15, 0.2) is 126 Å². The van der Waals surface area contributed by atoms with Gasteiger partial charge in [-0.05, 0) is 100 Å². The Kier molecular flexibility index (Phi) is 15.1. The highest BCUT2D eigenvalue weighted by molar-refractivity contribution is 6.02. The van der Waals surface area contributed by atoms with E-state index in [1.54, 1.807) is 4.57 Å². The summed E-state index contributed by atoms with van der Waals surface area (Å²) in [6.07, 6.45) is -1.73. The summed E-state index contributed by atoms with van der Waals surface area (Å²) >= 11 is 0. The van der Waals surface area contributed by atoms with Crippen molar-refractivity contribution in [2.45, 2.75) is 60.8 Å². The predicted octanol–water partition coefficient (Wildman–Crippen LogP) is 8.75. The Morgan fingerprint density at radius 3 is 1.37 bits per heavy atom. The van der Waals surface area contributed by atoms with E-state index >= 15 is 0 Å². The van der Waals surface area contributed by atoms with Crippen LogP contribution in [0.2, 0.25) is 0 Å². The number of anilines is 7. The minimum atomic E-state index is -1.48. The van der Waals surface area contributed by atoms with E-state index in [0.29, 0.717) is 28.5 Å². The number of amides is 4. The third-order valence-electron chi connectivity index (χ3n) is 10.1. The summed E-state index contributed by atoms with van der Waals surface area (Å²) in [5.41, 5.74) is 16.2. The van der Waals surface area contributed by atoms with Crippen LogP contribution in [0, 0.1) is 27.7 Å². The highest BCUT2D eigenvalue weighted by Crippen LogP contribution is 2.26. The molecule has 67 heavy (non-hydrogen) atoms. The van der Waals surface area contributed by atoms with Gasteiger partial charge in [-0.15, -0.1) is 0 Å². The topological polar surface area (TPSA) is 236 Å². The largest absolute Gasteiger partial charge is 0.560 e. The summed E-state index contributed by atoms with van der Waals surface area (Å²) in [6, 6.07) is 39.6. The molecule has 0 radical (unpaired) electrons. The van der Waals surface area contributed by atoms with Crippen molar-refractivity contribution in [2.75, 3.05) is 21.7 Å². The first-order valence-electron chi connectivity index (χ1n) is 20.8. The first kappa shape index (κ1) is 47.7. The van der Waals surface area contributed by atoms with Gasteiger partial charge in [0.15, 0.2) is 11.5 Å². The van der Waals surface area contributed by atoms with Crippen LogP contribution >= 0.6 is 0 Å². The van der Waals surface area contributed by atoms with Crippen LogP contribution in [0.4, 0.5) is 45.0 Å². The van der Waals surface area contributed by atoms with Crippen LogP contribution in [0.5, 0.6) is 0 Å². The SMILES string of the molecule is C.Cc1ccc(Nc2ccc(N)c(Nc3ccc(C)cc3)n2)cc1.Cc1ccc(Nc2ccc3[nH]c(=O)n(-c4ccc(C)cc4)c3n2)cc1.O=C(ON1C(=O)CCC1=O)ON1C(=O)CCC1=O. The number of aryl methyl sites for hydroxylation is 4. The predicted molar refractivity (Wildman–Crippen MR) is 255 cm³/mol. The molecule has 7 aromatic rings. The van der Waals surface area contributed by atoms with Crippen molar-refractivity contribution in [3.8, 4) is 5.69 Å². The van der Waals surface area contributed by atoms with Gasteiger partial charge in [-0.25, -0.2) is 19.3 Å². The second-order valence-electron chi connectivity index (χ2n) is 15.4. The number of imidazole rings is 1. The lowest BCUT2D eigenvalue weighted by Gasteiger charge is -2.15. The molecule has 2 aliphatic heterocycles. The van der Waals surface area contributed by atoms with E-state index in [4.69, 9.17) is 5.73 Å². The van der Waals surface area contributed by atoms with Crippen molar-refractivity contribution in [1.82, 2.24) is 29.6 Å². The molecule has 2 fully saturated rings. The number of nitrogen functional groups attached to an aromatic ring is 1. The average molecular weight is 907 g/mol. The van der Waals surface area contributed by atoms with Gasteiger partial charge in [-0.3, -0.25) is 28.9 Å². The molecule has 18 heteroatoms. The highest BCUT2D eigenvalue weighted by Gasteiger charge is 2.37. The lowest BCUT2D eigenvalue weighted by atomic mass is 10.2. The number of imide groups is 2. The van der Waals surface area contributed by atoms with Gasteiger partial charge in [0.05, 0.1) is 16.9 Å². The molecule has 4 aromatic carbocycles. The van der Waals surface area contributed by atoms with Crippen LogP contribution in [0.1, 0.15) is 55.4 Å². The van der Waals surface area contributed by atoms with Crippen molar-refractivity contribution in [2.24, 2.45) is 0 Å². The quantitative estimate of drug-likeness (QED) is 0.0852. The third kappa shape index (κ3) is 12.3. The molecule has 2 saturated heterocycles. The number of hydroxylamine groups is 4. The van der Waals surface area contributed by atoms with E-state index in [0.717, 1.165) is 34.1 Å². The van der Waals surface area contributed by atoms with Crippen molar-refractivity contribution >= 4 is 81.2 Å². The number of aromatic amines is 1. The molecule has 5 heterocycles. The number of hydrogen-bond acceptors (Lipinski definition) is 14. The maximum atomic E-state index is 12.4. The summed E-state index contributed by atoms with van der Waals surface area (Å²) < 4.78 is 1.59. The van der Waals surface area contributed by atoms with Gasteiger partial charge in [0.1, 0.15) is 11.6 Å². The van der Waals surface area contributed by atoms with Gasteiger partial charge in [0.25, 0.3) is 23.6 Å². The molecule has 9 rings (SSSR count). The molecule has 0 bridgehead atoms.